The van der Waals surface area contributed by atoms with Crippen LogP contribution < -0.4 is 5.32 Å². The van der Waals surface area contributed by atoms with Crippen molar-refractivity contribution in [3.63, 3.8) is 0 Å². The number of fused-ring (bicyclic) bond motifs is 1. The summed E-state index contributed by atoms with van der Waals surface area (Å²) < 4.78 is 0. The minimum absolute atomic E-state index is 0.183. The van der Waals surface area contributed by atoms with Gasteiger partial charge in [-0.15, -0.1) is 0 Å². The van der Waals surface area contributed by atoms with Gasteiger partial charge in [0.25, 0.3) is 0 Å². The van der Waals surface area contributed by atoms with E-state index in [0.29, 0.717) is 6.42 Å². The number of benzene rings is 1. The van der Waals surface area contributed by atoms with Gasteiger partial charge in [-0.1, -0.05) is 23.9 Å². The summed E-state index contributed by atoms with van der Waals surface area (Å²) in [5, 5.41) is 3.34. The molecule has 0 amide bonds. The van der Waals surface area contributed by atoms with E-state index in [0.717, 1.165) is 16.3 Å². The van der Waals surface area contributed by atoms with Gasteiger partial charge in [-0.3, -0.25) is 4.79 Å². The average molecular weight is 215 g/mol. The molecule has 1 aromatic rings. The normalized spacial score (nSPS) is 18.3. The van der Waals surface area contributed by atoms with Gasteiger partial charge >= 0.3 is 0 Å². The highest BCUT2D eigenvalue weighted by molar-refractivity contribution is 8.03. The Kier molecular flexibility index (Phi) is 1.92. The maximum atomic E-state index is 11.3. The zero-order valence-corrected chi connectivity index (χ0v) is 8.80. The van der Waals surface area contributed by atoms with Crippen LogP contribution in [0.3, 0.4) is 0 Å². The number of allylic oxidation sites excluding steroid dienone is 3. The third-order valence-corrected chi connectivity index (χ3v) is 3.65. The van der Waals surface area contributed by atoms with Crippen LogP contribution in [-0.4, -0.2) is 5.78 Å². The molecule has 0 fully saturated rings. The molecule has 0 atom stereocenters. The number of hydrogen-bond donors (Lipinski definition) is 1. The Morgan fingerprint density at radius 2 is 2.07 bits per heavy atom. The van der Waals surface area contributed by atoms with E-state index in [1.54, 1.807) is 17.8 Å². The molecular weight excluding hydrogens is 206 g/mol. The second kappa shape index (κ2) is 3.28. The van der Waals surface area contributed by atoms with E-state index in [-0.39, 0.29) is 5.78 Å². The molecule has 3 rings (SSSR count). The molecule has 0 radical (unpaired) electrons. The molecule has 2 nitrogen and oxygen atoms in total. The smallest absolute Gasteiger partial charge is 0.160 e. The van der Waals surface area contributed by atoms with Gasteiger partial charge < -0.3 is 5.32 Å². The van der Waals surface area contributed by atoms with Gasteiger partial charge in [0.15, 0.2) is 5.78 Å². The van der Waals surface area contributed by atoms with Crippen molar-refractivity contribution >= 4 is 23.2 Å². The lowest BCUT2D eigenvalue weighted by Gasteiger charge is -2.23. The van der Waals surface area contributed by atoms with Crippen LogP contribution in [0.1, 0.15) is 6.42 Å². The average Bonchev–Trinajstić information content (AvgIpc) is 2.26. The van der Waals surface area contributed by atoms with Crippen molar-refractivity contribution in [2.75, 3.05) is 5.32 Å². The number of carbonyl (C=O) groups is 1. The molecule has 2 aliphatic rings. The maximum Gasteiger partial charge on any atom is 0.160 e. The van der Waals surface area contributed by atoms with Gasteiger partial charge in [0.2, 0.25) is 0 Å². The highest BCUT2D eigenvalue weighted by Crippen LogP contribution is 2.42. The summed E-state index contributed by atoms with van der Waals surface area (Å²) in [6.45, 7) is 0. The fourth-order valence-electron chi connectivity index (χ4n) is 1.72. The summed E-state index contributed by atoms with van der Waals surface area (Å²) in [6.07, 6.45) is 4.03. The van der Waals surface area contributed by atoms with Crippen LogP contribution in [0.15, 0.2) is 51.9 Å². The van der Waals surface area contributed by atoms with Crippen molar-refractivity contribution in [1.82, 2.24) is 0 Å². The molecule has 0 spiro atoms. The molecule has 1 N–H and O–H groups in total. The van der Waals surface area contributed by atoms with Crippen molar-refractivity contribution in [1.29, 1.82) is 0 Å². The Labute approximate surface area is 92.1 Å². The van der Waals surface area contributed by atoms with Crippen molar-refractivity contribution in [2.24, 2.45) is 0 Å². The third-order valence-electron chi connectivity index (χ3n) is 2.46. The fourth-order valence-corrected chi connectivity index (χ4v) is 2.81. The van der Waals surface area contributed by atoms with Crippen LogP contribution in [0.2, 0.25) is 0 Å². The molecule has 0 saturated heterocycles. The molecule has 1 aliphatic heterocycles. The van der Waals surface area contributed by atoms with Gasteiger partial charge in [-0.25, -0.2) is 0 Å². The van der Waals surface area contributed by atoms with Gasteiger partial charge in [-0.05, 0) is 24.3 Å². The Hall–Kier alpha value is -1.48. The highest BCUT2D eigenvalue weighted by atomic mass is 32.2. The first-order valence-electron chi connectivity index (χ1n) is 4.81. The summed E-state index contributed by atoms with van der Waals surface area (Å²) in [6, 6.07) is 8.14. The molecule has 15 heavy (non-hydrogen) atoms. The monoisotopic (exact) mass is 215 g/mol. The van der Waals surface area contributed by atoms with Gasteiger partial charge in [-0.2, -0.15) is 0 Å². The van der Waals surface area contributed by atoms with E-state index < -0.39 is 0 Å². The SMILES string of the molecule is O=C1C=CC2=C(C1)Sc1ccccc1N2. The van der Waals surface area contributed by atoms with Gasteiger partial charge in [0.1, 0.15) is 0 Å². The Balaban J connectivity index is 2.02. The number of para-hydroxylation sites is 1. The molecule has 0 saturated carbocycles. The number of hydrogen-bond acceptors (Lipinski definition) is 3. The van der Waals surface area contributed by atoms with Crippen LogP contribution >= 0.6 is 11.8 Å². The third kappa shape index (κ3) is 1.49. The van der Waals surface area contributed by atoms with E-state index in [4.69, 9.17) is 0 Å². The summed E-state index contributed by atoms with van der Waals surface area (Å²) in [4.78, 5) is 13.6. The second-order valence-corrected chi connectivity index (χ2v) is 4.67. The largest absolute Gasteiger partial charge is 0.354 e. The first kappa shape index (κ1) is 8.80. The second-order valence-electron chi connectivity index (χ2n) is 3.54. The fraction of sp³-hybridized carbons (Fsp3) is 0.0833. The number of rotatable bonds is 0. The van der Waals surface area contributed by atoms with Crippen molar-refractivity contribution in [3.8, 4) is 0 Å². The number of carbonyl (C=O) groups excluding carboxylic acids is 1. The summed E-state index contributed by atoms with van der Waals surface area (Å²) >= 11 is 1.69. The zero-order chi connectivity index (χ0) is 10.3. The standard InChI is InChI=1S/C12H9NOS/c14-8-5-6-10-12(7-8)15-11-4-2-1-3-9(11)13-10/h1-6,13H,7H2. The Morgan fingerprint density at radius 3 is 3.00 bits per heavy atom. The van der Waals surface area contributed by atoms with E-state index >= 15 is 0 Å². The summed E-state index contributed by atoms with van der Waals surface area (Å²) in [7, 11) is 0. The lowest BCUT2D eigenvalue weighted by molar-refractivity contribution is -0.114. The van der Waals surface area contributed by atoms with E-state index in [2.05, 4.69) is 17.4 Å². The highest BCUT2D eigenvalue weighted by Gasteiger charge is 2.20. The van der Waals surface area contributed by atoms with Crippen molar-refractivity contribution < 1.29 is 4.79 Å². The van der Waals surface area contributed by atoms with Gasteiger partial charge in [0.05, 0.1) is 5.69 Å². The number of nitrogens with one attached hydrogen (secondary N) is 1. The first-order chi connectivity index (χ1) is 7.33. The van der Waals surface area contributed by atoms with Crippen molar-refractivity contribution in [3.05, 3.63) is 47.0 Å². The lowest BCUT2D eigenvalue weighted by Crippen LogP contribution is -2.12. The Bertz CT molecular complexity index is 502. The summed E-state index contributed by atoms with van der Waals surface area (Å²) in [5.41, 5.74) is 2.19. The topological polar surface area (TPSA) is 29.1 Å². The molecule has 0 bridgehead atoms. The van der Waals surface area contributed by atoms with Crippen LogP contribution in [0.5, 0.6) is 0 Å². The van der Waals surface area contributed by atoms with E-state index in [9.17, 15) is 4.79 Å². The minimum atomic E-state index is 0.183. The molecule has 1 heterocycles. The number of ketones is 1. The van der Waals surface area contributed by atoms with Crippen LogP contribution in [0.25, 0.3) is 0 Å². The van der Waals surface area contributed by atoms with Crippen LogP contribution in [-0.2, 0) is 4.79 Å². The molecule has 3 heteroatoms. The minimum Gasteiger partial charge on any atom is -0.354 e. The van der Waals surface area contributed by atoms with Crippen molar-refractivity contribution in [2.45, 2.75) is 11.3 Å². The molecule has 0 aromatic heterocycles. The van der Waals surface area contributed by atoms with Crippen LogP contribution in [0, 0.1) is 0 Å². The number of thioether (sulfide) groups is 1. The molecule has 1 aromatic carbocycles. The lowest BCUT2D eigenvalue weighted by atomic mass is 10.1. The zero-order valence-electron chi connectivity index (χ0n) is 7.99. The summed E-state index contributed by atoms with van der Waals surface area (Å²) in [5.74, 6) is 0.183. The predicted molar refractivity (Wildman–Crippen MR) is 61.7 cm³/mol. The number of anilines is 1. The molecule has 0 unspecified atom stereocenters. The first-order valence-corrected chi connectivity index (χ1v) is 5.62. The van der Waals surface area contributed by atoms with E-state index in [1.807, 2.05) is 18.2 Å². The molecule has 1 aliphatic carbocycles. The van der Waals surface area contributed by atoms with Crippen LogP contribution in [0.4, 0.5) is 5.69 Å². The molecule has 74 valence electrons. The van der Waals surface area contributed by atoms with E-state index in [1.165, 1.54) is 4.90 Å². The Morgan fingerprint density at radius 1 is 1.20 bits per heavy atom. The van der Waals surface area contributed by atoms with Gasteiger partial charge in [0, 0.05) is 21.9 Å². The quantitative estimate of drug-likeness (QED) is 0.721. The maximum absolute atomic E-state index is 11.3. The predicted octanol–water partition coefficient (Wildman–Crippen LogP) is 2.94. The molecular formula is C12H9NOS.